The standard InChI is InChI=1S/C13H23N5O/c1-7(2)10-11(15-6-16-12(10)18-14)17-8-5-9(19)13(8,3)4/h6-9,19H,5,14H2,1-4H3,(H2,15,16,17,18). The molecule has 1 heterocycles. The molecule has 0 amide bonds. The van der Waals surface area contributed by atoms with Crippen LogP contribution in [-0.2, 0) is 0 Å². The van der Waals surface area contributed by atoms with Gasteiger partial charge in [0.05, 0.1) is 6.10 Å². The van der Waals surface area contributed by atoms with Gasteiger partial charge in [-0.25, -0.2) is 15.8 Å². The SMILES string of the molecule is CC(C)c1c(NN)ncnc1NC1CC(O)C1(C)C. The first-order valence-electron chi connectivity index (χ1n) is 6.64. The molecular formula is C13H23N5O. The molecule has 6 heteroatoms. The Morgan fingerprint density at radius 1 is 1.37 bits per heavy atom. The van der Waals surface area contributed by atoms with Crippen molar-refractivity contribution in [2.45, 2.75) is 52.2 Å². The highest BCUT2D eigenvalue weighted by Crippen LogP contribution is 2.43. The molecule has 1 saturated carbocycles. The van der Waals surface area contributed by atoms with E-state index in [2.05, 4.69) is 48.4 Å². The zero-order valence-corrected chi connectivity index (χ0v) is 11.9. The van der Waals surface area contributed by atoms with Crippen molar-refractivity contribution >= 4 is 11.6 Å². The molecule has 6 nitrogen and oxygen atoms in total. The lowest BCUT2D eigenvalue weighted by atomic mass is 9.64. The fourth-order valence-corrected chi connectivity index (χ4v) is 2.48. The molecule has 2 unspecified atom stereocenters. The van der Waals surface area contributed by atoms with Gasteiger partial charge in [-0.2, -0.15) is 0 Å². The van der Waals surface area contributed by atoms with Gasteiger partial charge in [0.15, 0.2) is 0 Å². The summed E-state index contributed by atoms with van der Waals surface area (Å²) in [6.45, 7) is 8.26. The fourth-order valence-electron chi connectivity index (χ4n) is 2.48. The van der Waals surface area contributed by atoms with Crippen LogP contribution in [0.1, 0.15) is 45.6 Å². The minimum Gasteiger partial charge on any atom is -0.392 e. The Kier molecular flexibility index (Phi) is 3.64. The third-order valence-corrected chi connectivity index (χ3v) is 4.12. The van der Waals surface area contributed by atoms with E-state index in [1.165, 1.54) is 6.33 Å². The number of rotatable bonds is 4. The number of aliphatic hydroxyl groups excluding tert-OH is 1. The highest BCUT2D eigenvalue weighted by atomic mass is 16.3. The second-order valence-corrected chi connectivity index (χ2v) is 6.05. The molecule has 106 valence electrons. The van der Waals surface area contributed by atoms with Crippen LogP contribution in [-0.4, -0.2) is 27.2 Å². The Morgan fingerprint density at radius 3 is 2.47 bits per heavy atom. The van der Waals surface area contributed by atoms with Crippen molar-refractivity contribution < 1.29 is 5.11 Å². The predicted octanol–water partition coefficient (Wildman–Crippen LogP) is 1.46. The van der Waals surface area contributed by atoms with Crippen molar-refractivity contribution in [1.82, 2.24) is 9.97 Å². The largest absolute Gasteiger partial charge is 0.392 e. The zero-order chi connectivity index (χ0) is 14.2. The van der Waals surface area contributed by atoms with Crippen molar-refractivity contribution in [3.63, 3.8) is 0 Å². The van der Waals surface area contributed by atoms with Gasteiger partial charge >= 0.3 is 0 Å². The second kappa shape index (κ2) is 4.94. The average molecular weight is 265 g/mol. The summed E-state index contributed by atoms with van der Waals surface area (Å²) >= 11 is 0. The first-order valence-corrected chi connectivity index (χ1v) is 6.64. The smallest absolute Gasteiger partial charge is 0.148 e. The summed E-state index contributed by atoms with van der Waals surface area (Å²) < 4.78 is 0. The number of nitrogens with zero attached hydrogens (tertiary/aromatic N) is 2. The molecule has 1 aliphatic rings. The van der Waals surface area contributed by atoms with E-state index in [1.54, 1.807) is 0 Å². The predicted molar refractivity (Wildman–Crippen MR) is 75.7 cm³/mol. The topological polar surface area (TPSA) is 96.1 Å². The molecule has 0 radical (unpaired) electrons. The molecule has 19 heavy (non-hydrogen) atoms. The van der Waals surface area contributed by atoms with Crippen LogP contribution in [0.4, 0.5) is 11.6 Å². The molecule has 0 aromatic carbocycles. The van der Waals surface area contributed by atoms with E-state index in [9.17, 15) is 5.11 Å². The second-order valence-electron chi connectivity index (χ2n) is 6.05. The van der Waals surface area contributed by atoms with Gasteiger partial charge in [-0.1, -0.05) is 27.7 Å². The molecule has 0 aliphatic heterocycles. The Labute approximate surface area is 113 Å². The molecule has 0 bridgehead atoms. The molecule has 1 aliphatic carbocycles. The maximum atomic E-state index is 9.80. The van der Waals surface area contributed by atoms with Crippen molar-refractivity contribution in [2.24, 2.45) is 11.3 Å². The van der Waals surface area contributed by atoms with Gasteiger partial charge in [0.25, 0.3) is 0 Å². The maximum absolute atomic E-state index is 9.80. The highest BCUT2D eigenvalue weighted by Gasteiger charge is 2.47. The third-order valence-electron chi connectivity index (χ3n) is 4.12. The van der Waals surface area contributed by atoms with Gasteiger partial charge in [-0.15, -0.1) is 0 Å². The van der Waals surface area contributed by atoms with E-state index in [0.717, 1.165) is 17.8 Å². The minimum atomic E-state index is -0.263. The molecule has 5 N–H and O–H groups in total. The van der Waals surface area contributed by atoms with E-state index < -0.39 is 0 Å². The Morgan fingerprint density at radius 2 is 2.00 bits per heavy atom. The van der Waals surface area contributed by atoms with Crippen molar-refractivity contribution in [2.75, 3.05) is 10.7 Å². The molecule has 1 fully saturated rings. The summed E-state index contributed by atoms with van der Waals surface area (Å²) in [7, 11) is 0. The van der Waals surface area contributed by atoms with Crippen LogP contribution in [0.15, 0.2) is 6.33 Å². The van der Waals surface area contributed by atoms with Gasteiger partial charge in [0.1, 0.15) is 18.0 Å². The minimum absolute atomic E-state index is 0.143. The van der Waals surface area contributed by atoms with Crippen molar-refractivity contribution in [1.29, 1.82) is 0 Å². The lowest BCUT2D eigenvalue weighted by molar-refractivity contribution is -0.0511. The van der Waals surface area contributed by atoms with Crippen LogP contribution in [0.3, 0.4) is 0 Å². The number of nitrogens with one attached hydrogen (secondary N) is 2. The normalized spacial score (nSPS) is 25.0. The number of hydrogen-bond acceptors (Lipinski definition) is 6. The summed E-state index contributed by atoms with van der Waals surface area (Å²) in [6, 6.07) is 0.209. The third kappa shape index (κ3) is 2.37. The molecular weight excluding hydrogens is 242 g/mol. The summed E-state index contributed by atoms with van der Waals surface area (Å²) in [5.74, 6) is 7.19. The number of hydrogen-bond donors (Lipinski definition) is 4. The number of hydrazine groups is 1. The number of aromatic nitrogens is 2. The number of nitrogen functional groups attached to an aromatic ring is 1. The van der Waals surface area contributed by atoms with E-state index in [-0.39, 0.29) is 23.5 Å². The molecule has 1 aromatic rings. The van der Waals surface area contributed by atoms with Gasteiger partial charge in [-0.3, -0.25) is 0 Å². The molecule has 1 aromatic heterocycles. The summed E-state index contributed by atoms with van der Waals surface area (Å²) in [6.07, 6.45) is 1.97. The zero-order valence-electron chi connectivity index (χ0n) is 11.9. The monoisotopic (exact) mass is 265 g/mol. The number of nitrogens with two attached hydrogens (primary N) is 1. The van der Waals surface area contributed by atoms with Crippen molar-refractivity contribution in [3.8, 4) is 0 Å². The average Bonchev–Trinajstić information content (AvgIpc) is 2.37. The summed E-state index contributed by atoms with van der Waals surface area (Å²) in [4.78, 5) is 8.47. The van der Waals surface area contributed by atoms with Gasteiger partial charge in [-0.05, 0) is 12.3 Å². The molecule has 2 rings (SSSR count). The van der Waals surface area contributed by atoms with Crippen LogP contribution in [0.5, 0.6) is 0 Å². The molecule has 0 spiro atoms. The summed E-state index contributed by atoms with van der Waals surface area (Å²) in [5.41, 5.74) is 3.45. The number of aliphatic hydroxyl groups is 1. The Hall–Kier alpha value is -1.40. The number of anilines is 2. The van der Waals surface area contributed by atoms with Crippen LogP contribution in [0, 0.1) is 5.41 Å². The van der Waals surface area contributed by atoms with Gasteiger partial charge in [0.2, 0.25) is 0 Å². The highest BCUT2D eigenvalue weighted by molar-refractivity contribution is 5.59. The molecule has 2 atom stereocenters. The maximum Gasteiger partial charge on any atom is 0.148 e. The van der Waals surface area contributed by atoms with E-state index in [0.29, 0.717) is 5.82 Å². The van der Waals surface area contributed by atoms with Crippen LogP contribution < -0.4 is 16.6 Å². The van der Waals surface area contributed by atoms with Gasteiger partial charge < -0.3 is 15.8 Å². The van der Waals surface area contributed by atoms with Gasteiger partial charge in [0, 0.05) is 17.0 Å². The van der Waals surface area contributed by atoms with Crippen molar-refractivity contribution in [3.05, 3.63) is 11.9 Å². The quantitative estimate of drug-likeness (QED) is 0.486. The van der Waals surface area contributed by atoms with E-state index in [1.807, 2.05) is 0 Å². The first kappa shape index (κ1) is 14.0. The van der Waals surface area contributed by atoms with E-state index >= 15 is 0 Å². The van der Waals surface area contributed by atoms with Crippen LogP contribution in [0.25, 0.3) is 0 Å². The lowest BCUT2D eigenvalue weighted by Gasteiger charge is -2.49. The first-order chi connectivity index (χ1) is 8.87. The van der Waals surface area contributed by atoms with Crippen LogP contribution >= 0.6 is 0 Å². The van der Waals surface area contributed by atoms with E-state index in [4.69, 9.17) is 5.84 Å². The fraction of sp³-hybridized carbons (Fsp3) is 0.692. The summed E-state index contributed by atoms with van der Waals surface area (Å²) in [5, 5.41) is 13.2. The van der Waals surface area contributed by atoms with Crippen LogP contribution in [0.2, 0.25) is 0 Å². The molecule has 0 saturated heterocycles. The Bertz CT molecular complexity index is 460. The lowest BCUT2D eigenvalue weighted by Crippen LogP contribution is -2.57. The Balaban J connectivity index is 2.26.